The second-order valence-corrected chi connectivity index (χ2v) is 12.8. The van der Waals surface area contributed by atoms with Crippen molar-refractivity contribution in [2.75, 3.05) is 20.8 Å². The summed E-state index contributed by atoms with van der Waals surface area (Å²) in [5, 5.41) is 3.07. The van der Waals surface area contributed by atoms with Crippen LogP contribution in [0.15, 0.2) is 115 Å². The Morgan fingerprint density at radius 1 is 0.714 bits per heavy atom. The lowest BCUT2D eigenvalue weighted by Gasteiger charge is -2.29. The quantitative estimate of drug-likeness (QED) is 0.137. The summed E-state index contributed by atoms with van der Waals surface area (Å²) in [5.74, 6) is 2.45. The van der Waals surface area contributed by atoms with E-state index < -0.39 is 0 Å². The van der Waals surface area contributed by atoms with Crippen molar-refractivity contribution in [1.82, 2.24) is 5.32 Å². The summed E-state index contributed by atoms with van der Waals surface area (Å²) in [5.41, 5.74) is 6.34. The highest BCUT2D eigenvalue weighted by Crippen LogP contribution is 2.35. The van der Waals surface area contributed by atoms with E-state index in [9.17, 15) is 9.18 Å². The Balaban J connectivity index is 1.10. The minimum Gasteiger partial charge on any atom is -0.497 e. The Labute approximate surface area is 289 Å². The number of amides is 1. The molecule has 0 unspecified atom stereocenters. The van der Waals surface area contributed by atoms with Gasteiger partial charge in [-0.05, 0) is 133 Å². The fourth-order valence-corrected chi connectivity index (χ4v) is 6.80. The number of benzene rings is 5. The predicted molar refractivity (Wildman–Crippen MR) is 194 cm³/mol. The van der Waals surface area contributed by atoms with Crippen LogP contribution in [0.1, 0.15) is 53.6 Å². The third-order valence-corrected chi connectivity index (χ3v) is 9.52. The topological polar surface area (TPSA) is 56.8 Å². The van der Waals surface area contributed by atoms with Gasteiger partial charge in [0, 0.05) is 17.7 Å². The molecule has 1 N–H and O–H groups in total. The Bertz CT molecular complexity index is 1850. The lowest BCUT2D eigenvalue weighted by atomic mass is 9.83. The molecule has 1 aliphatic carbocycles. The van der Waals surface area contributed by atoms with E-state index >= 15 is 0 Å². The first kappa shape index (κ1) is 33.8. The summed E-state index contributed by atoms with van der Waals surface area (Å²) in [7, 11) is 3.24. The standard InChI is InChI=1S/C43H44FNO4/c1-47-38-13-7-11-34(27-38)41-28-35(19-23-42(41)48-2)43(46)45-25-24-32-18-22-39(29-40(32)33-10-6-12-36(44)26-33)49-37-20-16-31(17-21-37)15-14-30-8-4-3-5-9-30/h3-13,18-19,22-23,26-29,31,37H,14-17,20-21,24-25H2,1-2H3,(H,45,46). The van der Waals surface area contributed by atoms with Crippen LogP contribution in [0.3, 0.4) is 0 Å². The number of ether oxygens (including phenoxy) is 3. The fourth-order valence-electron chi connectivity index (χ4n) is 6.80. The SMILES string of the molecule is COc1cccc(-c2cc(C(=O)NCCc3ccc(OC4CCC(CCc5ccccc5)CC4)cc3-c3cccc(F)c3)ccc2OC)c1. The molecule has 1 aliphatic rings. The van der Waals surface area contributed by atoms with Gasteiger partial charge in [0.15, 0.2) is 0 Å². The maximum atomic E-state index is 14.4. The molecule has 0 heterocycles. The minimum absolute atomic E-state index is 0.171. The number of nitrogens with one attached hydrogen (secondary N) is 1. The van der Waals surface area contributed by atoms with Crippen LogP contribution in [0.4, 0.5) is 4.39 Å². The first-order valence-electron chi connectivity index (χ1n) is 17.2. The van der Waals surface area contributed by atoms with E-state index in [4.69, 9.17) is 14.2 Å². The summed E-state index contributed by atoms with van der Waals surface area (Å²) in [6.45, 7) is 0.412. The molecule has 0 aliphatic heterocycles. The molecule has 0 saturated heterocycles. The molecule has 252 valence electrons. The molecule has 0 aromatic heterocycles. The molecule has 1 amide bonds. The van der Waals surface area contributed by atoms with Crippen LogP contribution < -0.4 is 19.5 Å². The highest BCUT2D eigenvalue weighted by Gasteiger charge is 2.23. The summed E-state index contributed by atoms with van der Waals surface area (Å²) in [6.07, 6.45) is 7.49. The Kier molecular flexibility index (Phi) is 11.3. The number of hydrogen-bond acceptors (Lipinski definition) is 4. The molecule has 5 nitrogen and oxygen atoms in total. The first-order valence-corrected chi connectivity index (χ1v) is 17.2. The van der Waals surface area contributed by atoms with Gasteiger partial charge in [-0.25, -0.2) is 4.39 Å². The van der Waals surface area contributed by atoms with Crippen LogP contribution >= 0.6 is 0 Å². The zero-order valence-corrected chi connectivity index (χ0v) is 28.3. The van der Waals surface area contributed by atoms with Gasteiger partial charge in [0.2, 0.25) is 0 Å². The van der Waals surface area contributed by atoms with Gasteiger partial charge in [-0.1, -0.05) is 60.7 Å². The van der Waals surface area contributed by atoms with Crippen molar-refractivity contribution in [1.29, 1.82) is 0 Å². The summed E-state index contributed by atoms with van der Waals surface area (Å²) >= 11 is 0. The molecule has 5 aromatic rings. The minimum atomic E-state index is -0.289. The molecular weight excluding hydrogens is 613 g/mol. The molecule has 0 spiro atoms. The maximum Gasteiger partial charge on any atom is 0.251 e. The largest absolute Gasteiger partial charge is 0.497 e. The third-order valence-electron chi connectivity index (χ3n) is 9.52. The van der Waals surface area contributed by atoms with Crippen molar-refractivity contribution < 1.29 is 23.4 Å². The van der Waals surface area contributed by atoms with E-state index in [0.29, 0.717) is 24.3 Å². The normalized spacial score (nSPS) is 15.7. The van der Waals surface area contributed by atoms with Crippen molar-refractivity contribution >= 4 is 5.91 Å². The van der Waals surface area contributed by atoms with Gasteiger partial charge in [0.25, 0.3) is 5.91 Å². The second kappa shape index (κ2) is 16.3. The van der Waals surface area contributed by atoms with Crippen molar-refractivity contribution in [3.05, 3.63) is 138 Å². The van der Waals surface area contributed by atoms with Crippen molar-refractivity contribution in [3.63, 3.8) is 0 Å². The summed E-state index contributed by atoms with van der Waals surface area (Å²) in [6, 6.07) is 36.5. The van der Waals surface area contributed by atoms with Gasteiger partial charge in [0.1, 0.15) is 23.1 Å². The number of aryl methyl sites for hydroxylation is 1. The molecule has 6 heteroatoms. The van der Waals surface area contributed by atoms with Gasteiger partial charge in [-0.2, -0.15) is 0 Å². The third kappa shape index (κ3) is 8.88. The van der Waals surface area contributed by atoms with Crippen molar-refractivity contribution in [3.8, 4) is 39.5 Å². The van der Waals surface area contributed by atoms with E-state index in [0.717, 1.165) is 64.5 Å². The van der Waals surface area contributed by atoms with E-state index in [2.05, 4.69) is 35.6 Å². The Morgan fingerprint density at radius 3 is 2.24 bits per heavy atom. The van der Waals surface area contributed by atoms with Crippen LogP contribution in [0.5, 0.6) is 17.2 Å². The number of halogens is 1. The zero-order chi connectivity index (χ0) is 34.0. The summed E-state index contributed by atoms with van der Waals surface area (Å²) in [4.78, 5) is 13.3. The number of rotatable bonds is 13. The van der Waals surface area contributed by atoms with Crippen molar-refractivity contribution in [2.24, 2.45) is 5.92 Å². The fraction of sp³-hybridized carbons (Fsp3) is 0.279. The molecule has 49 heavy (non-hydrogen) atoms. The van der Waals surface area contributed by atoms with Crippen LogP contribution in [0.2, 0.25) is 0 Å². The summed E-state index contributed by atoms with van der Waals surface area (Å²) < 4.78 is 31.9. The number of hydrogen-bond donors (Lipinski definition) is 1. The first-order chi connectivity index (χ1) is 24.0. The maximum absolute atomic E-state index is 14.4. The lowest BCUT2D eigenvalue weighted by Crippen LogP contribution is -2.26. The number of carbonyl (C=O) groups is 1. The lowest BCUT2D eigenvalue weighted by molar-refractivity contribution is 0.0954. The van der Waals surface area contributed by atoms with Gasteiger partial charge < -0.3 is 19.5 Å². The smallest absolute Gasteiger partial charge is 0.251 e. The van der Waals surface area contributed by atoms with Gasteiger partial charge in [-0.15, -0.1) is 0 Å². The van der Waals surface area contributed by atoms with Crippen molar-refractivity contribution in [2.45, 2.75) is 51.0 Å². The van der Waals surface area contributed by atoms with Crippen LogP contribution in [-0.4, -0.2) is 32.8 Å². The highest BCUT2D eigenvalue weighted by atomic mass is 19.1. The van der Waals surface area contributed by atoms with Crippen LogP contribution in [0.25, 0.3) is 22.3 Å². The van der Waals surface area contributed by atoms with Gasteiger partial charge in [0.05, 0.1) is 20.3 Å². The zero-order valence-electron chi connectivity index (χ0n) is 28.3. The van der Waals surface area contributed by atoms with E-state index in [1.165, 1.54) is 30.9 Å². The molecule has 0 bridgehead atoms. The monoisotopic (exact) mass is 657 g/mol. The highest BCUT2D eigenvalue weighted by molar-refractivity contribution is 5.96. The van der Waals surface area contributed by atoms with E-state index in [-0.39, 0.29) is 17.8 Å². The van der Waals surface area contributed by atoms with Gasteiger partial charge in [-0.3, -0.25) is 4.79 Å². The number of methoxy groups -OCH3 is 2. The molecule has 5 aromatic carbocycles. The van der Waals surface area contributed by atoms with Crippen LogP contribution in [0, 0.1) is 11.7 Å². The van der Waals surface area contributed by atoms with E-state index in [1.807, 2.05) is 60.7 Å². The average Bonchev–Trinajstić information content (AvgIpc) is 3.15. The molecule has 1 saturated carbocycles. The predicted octanol–water partition coefficient (Wildman–Crippen LogP) is 9.72. The Hall–Kier alpha value is -5.10. The molecule has 0 radical (unpaired) electrons. The molecule has 1 fully saturated rings. The van der Waals surface area contributed by atoms with Crippen LogP contribution in [-0.2, 0) is 12.8 Å². The number of carbonyl (C=O) groups excluding carboxylic acids is 1. The second-order valence-electron chi connectivity index (χ2n) is 12.8. The molecule has 6 rings (SSSR count). The average molecular weight is 658 g/mol. The Morgan fingerprint density at radius 2 is 1.49 bits per heavy atom. The molecule has 0 atom stereocenters. The van der Waals surface area contributed by atoms with Gasteiger partial charge >= 0.3 is 0 Å². The molecular formula is C43H44FNO4. The van der Waals surface area contributed by atoms with E-state index in [1.54, 1.807) is 32.4 Å².